The molecule has 0 aromatic heterocycles. The van der Waals surface area contributed by atoms with Gasteiger partial charge in [0.15, 0.2) is 0 Å². The fourth-order valence-electron chi connectivity index (χ4n) is 0.142. The maximum atomic E-state index is 9.74. The Morgan fingerprint density at radius 2 is 1.78 bits per heavy atom. The molecule has 5 nitrogen and oxygen atoms in total. The summed E-state index contributed by atoms with van der Waals surface area (Å²) in [5.41, 5.74) is 9.61. The van der Waals surface area contributed by atoms with Gasteiger partial charge in [0, 0.05) is 13.0 Å². The Bertz CT molecular complexity index is 106. The molecule has 4 N–H and O–H groups in total. The van der Waals surface area contributed by atoms with E-state index in [0.29, 0.717) is 13.0 Å². The smallest absolute Gasteiger partial charge is 0.370 e. The van der Waals surface area contributed by atoms with E-state index in [1.165, 1.54) is 0 Å². The Morgan fingerprint density at radius 1 is 1.44 bits per heavy atom. The third-order valence-electron chi connectivity index (χ3n) is 0.391. The molecule has 0 aromatic rings. The first-order valence-electron chi connectivity index (χ1n) is 2.16. The monoisotopic (exact) mass is 132 g/mol. The minimum Gasteiger partial charge on any atom is -0.370 e. The molecule has 52 valence electrons. The predicted molar refractivity (Wildman–Crippen MR) is 27.9 cm³/mol. The molecule has 0 bridgehead atoms. The van der Waals surface area contributed by atoms with E-state index in [4.69, 9.17) is 15.3 Å². The average molecular weight is 132 g/mol. The quantitative estimate of drug-likeness (QED) is 0.464. The van der Waals surface area contributed by atoms with Crippen LogP contribution in [0.4, 0.5) is 0 Å². The van der Waals surface area contributed by atoms with Crippen LogP contribution in [0.1, 0.15) is 6.42 Å². The van der Waals surface area contributed by atoms with Crippen molar-refractivity contribution in [2.45, 2.75) is 6.42 Å². The van der Waals surface area contributed by atoms with E-state index >= 15 is 0 Å². The first kappa shape index (κ1) is 10.7. The fraction of sp³-hybridized carbons (Fsp3) is 0.500. The maximum absolute atomic E-state index is 9.74. The molecule has 0 heterocycles. The molecule has 9 heavy (non-hydrogen) atoms. The summed E-state index contributed by atoms with van der Waals surface area (Å²) in [5, 5.41) is 0. The highest BCUT2D eigenvalue weighted by Crippen LogP contribution is 1.63. The minimum absolute atomic E-state index is 0.250. The van der Waals surface area contributed by atoms with Gasteiger partial charge in [-0.1, -0.05) is 0 Å². The molecule has 0 aliphatic heterocycles. The number of primary amides is 1. The van der Waals surface area contributed by atoms with Crippen molar-refractivity contribution in [1.29, 1.82) is 0 Å². The lowest BCUT2D eigenvalue weighted by Gasteiger charge is -1.82. The summed E-state index contributed by atoms with van der Waals surface area (Å²) in [6.07, 6.45) is 0.542. The van der Waals surface area contributed by atoms with Crippen LogP contribution in [0.15, 0.2) is 0 Å². The van der Waals surface area contributed by atoms with Crippen molar-refractivity contribution in [2.24, 2.45) is 11.5 Å². The second-order valence-corrected chi connectivity index (χ2v) is 1.09. The van der Waals surface area contributed by atoms with Gasteiger partial charge >= 0.3 is 6.15 Å². The minimum atomic E-state index is -0.336. The molecule has 0 radical (unpaired) electrons. The molecular weight excluding hydrogens is 124 g/mol. The Labute approximate surface area is 52.0 Å². The number of rotatable bonds is 2. The van der Waals surface area contributed by atoms with Crippen molar-refractivity contribution >= 4 is 12.1 Å². The molecule has 0 saturated heterocycles. The highest BCUT2D eigenvalue weighted by Gasteiger charge is 1.84. The van der Waals surface area contributed by atoms with Crippen molar-refractivity contribution in [2.75, 3.05) is 6.54 Å². The molecule has 0 fully saturated rings. The summed E-state index contributed by atoms with van der Waals surface area (Å²) >= 11 is 0. The van der Waals surface area contributed by atoms with Gasteiger partial charge < -0.3 is 11.5 Å². The zero-order valence-corrected chi connectivity index (χ0v) is 4.79. The number of nitrogens with two attached hydrogens (primary N) is 2. The van der Waals surface area contributed by atoms with Gasteiger partial charge in [0.2, 0.25) is 5.91 Å². The van der Waals surface area contributed by atoms with E-state index in [9.17, 15) is 4.79 Å². The highest BCUT2D eigenvalue weighted by atomic mass is 16.2. The Hall–Kier alpha value is -1.19. The van der Waals surface area contributed by atoms with Crippen LogP contribution in [-0.4, -0.2) is 18.6 Å². The van der Waals surface area contributed by atoms with Crippen LogP contribution in [0.3, 0.4) is 0 Å². The van der Waals surface area contributed by atoms with Crippen LogP contribution in [0.25, 0.3) is 0 Å². The van der Waals surface area contributed by atoms with E-state index in [-0.39, 0.29) is 12.1 Å². The van der Waals surface area contributed by atoms with Crippen LogP contribution in [-0.2, 0) is 14.4 Å². The maximum Gasteiger partial charge on any atom is 0.373 e. The molecule has 0 aromatic carbocycles. The zero-order chi connectivity index (χ0) is 7.70. The summed E-state index contributed by atoms with van der Waals surface area (Å²) in [4.78, 5) is 26.0. The van der Waals surface area contributed by atoms with Crippen LogP contribution in [0.2, 0.25) is 0 Å². The van der Waals surface area contributed by atoms with Crippen LogP contribution in [0.5, 0.6) is 0 Å². The van der Waals surface area contributed by atoms with Crippen LogP contribution in [0, 0.1) is 0 Å². The Balaban J connectivity index is 0. The first-order valence-corrected chi connectivity index (χ1v) is 2.16. The number of amides is 1. The molecule has 0 aliphatic carbocycles. The number of carbonyl (C=O) groups excluding carboxylic acids is 3. The van der Waals surface area contributed by atoms with Gasteiger partial charge in [0.1, 0.15) is 0 Å². The third kappa shape index (κ3) is 48.1. The Kier molecular flexibility index (Phi) is 11.8. The molecule has 5 heteroatoms. The van der Waals surface area contributed by atoms with Gasteiger partial charge in [-0.2, -0.15) is 9.59 Å². The third-order valence-corrected chi connectivity index (χ3v) is 0.391. The van der Waals surface area contributed by atoms with Gasteiger partial charge in [0.05, 0.1) is 0 Å². The molecular formula is C4H8N2O3. The van der Waals surface area contributed by atoms with Crippen molar-refractivity contribution in [1.82, 2.24) is 0 Å². The molecule has 0 aliphatic rings. The van der Waals surface area contributed by atoms with Gasteiger partial charge in [0.25, 0.3) is 0 Å². The molecule has 0 spiro atoms. The van der Waals surface area contributed by atoms with Crippen molar-refractivity contribution in [3.8, 4) is 0 Å². The summed E-state index contributed by atoms with van der Waals surface area (Å²) in [7, 11) is 0. The normalized spacial score (nSPS) is 6.33. The van der Waals surface area contributed by atoms with Gasteiger partial charge in [-0.25, -0.2) is 0 Å². The molecule has 0 rings (SSSR count). The SMILES string of the molecule is NCCC(N)=O.O=C=O. The second-order valence-electron chi connectivity index (χ2n) is 1.09. The topological polar surface area (TPSA) is 103 Å². The lowest BCUT2D eigenvalue weighted by Crippen LogP contribution is -2.15. The summed E-state index contributed by atoms with van der Waals surface area (Å²) in [6, 6.07) is 0. The summed E-state index contributed by atoms with van der Waals surface area (Å²) in [6.45, 7) is 0.356. The summed E-state index contributed by atoms with van der Waals surface area (Å²) < 4.78 is 0. The van der Waals surface area contributed by atoms with Crippen molar-refractivity contribution in [3.05, 3.63) is 0 Å². The second kappa shape index (κ2) is 9.94. The standard InChI is InChI=1S/C3H8N2O.CO2/c4-2-1-3(5)6;2-1-3/h1-2,4H2,(H2,5,6);. The molecule has 0 saturated carbocycles. The van der Waals surface area contributed by atoms with Gasteiger partial charge in [-0.3, -0.25) is 4.79 Å². The Morgan fingerprint density at radius 3 is 1.78 bits per heavy atom. The van der Waals surface area contributed by atoms with E-state index in [0.717, 1.165) is 0 Å². The molecule has 0 atom stereocenters. The van der Waals surface area contributed by atoms with E-state index < -0.39 is 0 Å². The van der Waals surface area contributed by atoms with Crippen LogP contribution < -0.4 is 11.5 Å². The van der Waals surface area contributed by atoms with Crippen LogP contribution >= 0.6 is 0 Å². The lowest BCUT2D eigenvalue weighted by molar-refractivity contribution is -0.191. The molecule has 0 unspecified atom stereocenters. The fourth-order valence-corrected chi connectivity index (χ4v) is 0.142. The van der Waals surface area contributed by atoms with E-state index in [1.807, 2.05) is 0 Å². The largest absolute Gasteiger partial charge is 0.373 e. The van der Waals surface area contributed by atoms with Gasteiger partial charge in [-0.15, -0.1) is 0 Å². The zero-order valence-electron chi connectivity index (χ0n) is 4.79. The van der Waals surface area contributed by atoms with E-state index in [1.54, 1.807) is 0 Å². The number of carbonyl (C=O) groups is 1. The van der Waals surface area contributed by atoms with Gasteiger partial charge in [-0.05, 0) is 0 Å². The van der Waals surface area contributed by atoms with Crippen molar-refractivity contribution < 1.29 is 14.4 Å². The lowest BCUT2D eigenvalue weighted by atomic mass is 10.4. The van der Waals surface area contributed by atoms with E-state index in [2.05, 4.69) is 5.73 Å². The average Bonchev–Trinajstić information content (AvgIpc) is 1.67. The first-order chi connectivity index (χ1) is 4.18. The summed E-state index contributed by atoms with van der Waals surface area (Å²) in [5.74, 6) is -0.336. The highest BCUT2D eigenvalue weighted by molar-refractivity contribution is 5.73. The predicted octanol–water partition coefficient (Wildman–Crippen LogP) is -1.76. The van der Waals surface area contributed by atoms with Crippen molar-refractivity contribution in [3.63, 3.8) is 0 Å². The molecule has 1 amide bonds. The number of hydrogen-bond donors (Lipinski definition) is 2. The number of hydrogen-bond acceptors (Lipinski definition) is 4.